The van der Waals surface area contributed by atoms with Gasteiger partial charge >= 0.3 is 0 Å². The molecular formula is C19H19ClFNO3. The first-order valence-corrected chi connectivity index (χ1v) is 8.17. The molecule has 6 heteroatoms. The third kappa shape index (κ3) is 5.22. The Kier molecular flexibility index (Phi) is 6.83. The highest BCUT2D eigenvalue weighted by molar-refractivity contribution is 6.32. The number of amides is 1. The van der Waals surface area contributed by atoms with E-state index in [9.17, 15) is 9.18 Å². The summed E-state index contributed by atoms with van der Waals surface area (Å²) in [4.78, 5) is 11.9. The number of rotatable bonds is 7. The maximum atomic E-state index is 13.5. The molecule has 132 valence electrons. The molecule has 2 aromatic rings. The van der Waals surface area contributed by atoms with E-state index >= 15 is 0 Å². The number of hydrogen-bond acceptors (Lipinski definition) is 3. The molecule has 0 unspecified atom stereocenters. The van der Waals surface area contributed by atoms with Crippen LogP contribution in [0, 0.1) is 5.82 Å². The molecule has 1 N–H and O–H groups in total. The second-order valence-corrected chi connectivity index (χ2v) is 5.59. The number of anilines is 1. The van der Waals surface area contributed by atoms with E-state index in [1.807, 2.05) is 6.92 Å². The Morgan fingerprint density at radius 2 is 2.08 bits per heavy atom. The summed E-state index contributed by atoms with van der Waals surface area (Å²) in [5, 5.41) is 2.86. The minimum Gasteiger partial charge on any atom is -0.493 e. The summed E-state index contributed by atoms with van der Waals surface area (Å²) in [5.74, 6) is 0.00646. The average Bonchev–Trinajstić information content (AvgIpc) is 2.60. The average molecular weight is 364 g/mol. The number of para-hydroxylation sites is 1. The third-order valence-electron chi connectivity index (χ3n) is 3.26. The molecule has 1 amide bonds. The Balaban J connectivity index is 2.13. The third-order valence-corrected chi connectivity index (χ3v) is 3.54. The number of benzene rings is 2. The predicted molar refractivity (Wildman–Crippen MR) is 97.9 cm³/mol. The van der Waals surface area contributed by atoms with Gasteiger partial charge in [0.05, 0.1) is 24.4 Å². The normalized spacial score (nSPS) is 10.7. The SMILES string of the molecule is CCCOc1c(Cl)cc(/C=C/C(=O)Nc2ccccc2F)cc1OC. The monoisotopic (exact) mass is 363 g/mol. The Bertz CT molecular complexity index is 777. The lowest BCUT2D eigenvalue weighted by molar-refractivity contribution is -0.111. The lowest BCUT2D eigenvalue weighted by Gasteiger charge is -2.12. The van der Waals surface area contributed by atoms with Crippen molar-refractivity contribution in [1.29, 1.82) is 0 Å². The molecule has 0 aromatic heterocycles. The summed E-state index contributed by atoms with van der Waals surface area (Å²) in [6, 6.07) is 9.34. The van der Waals surface area contributed by atoms with Crippen LogP contribution in [0.25, 0.3) is 6.08 Å². The lowest BCUT2D eigenvalue weighted by atomic mass is 10.2. The van der Waals surface area contributed by atoms with Gasteiger partial charge in [-0.05, 0) is 42.3 Å². The number of halogens is 2. The largest absolute Gasteiger partial charge is 0.493 e. The molecule has 0 saturated heterocycles. The van der Waals surface area contributed by atoms with Gasteiger partial charge in [0, 0.05) is 6.08 Å². The van der Waals surface area contributed by atoms with E-state index < -0.39 is 11.7 Å². The van der Waals surface area contributed by atoms with Gasteiger partial charge in [-0.1, -0.05) is 30.7 Å². The van der Waals surface area contributed by atoms with Crippen LogP contribution in [0.3, 0.4) is 0 Å². The fourth-order valence-corrected chi connectivity index (χ4v) is 2.36. The van der Waals surface area contributed by atoms with Gasteiger partial charge in [0.1, 0.15) is 5.82 Å². The predicted octanol–water partition coefficient (Wildman–Crippen LogP) is 4.93. The molecule has 0 spiro atoms. The number of ether oxygens (including phenoxy) is 2. The first kappa shape index (κ1) is 18.8. The molecule has 0 bridgehead atoms. The van der Waals surface area contributed by atoms with Crippen molar-refractivity contribution < 1.29 is 18.7 Å². The van der Waals surface area contributed by atoms with Gasteiger partial charge in [-0.2, -0.15) is 0 Å². The maximum Gasteiger partial charge on any atom is 0.248 e. The molecule has 2 rings (SSSR count). The van der Waals surface area contributed by atoms with E-state index in [2.05, 4.69) is 5.32 Å². The maximum absolute atomic E-state index is 13.5. The molecule has 0 saturated carbocycles. The molecule has 0 aliphatic heterocycles. The minimum absolute atomic E-state index is 0.121. The highest BCUT2D eigenvalue weighted by atomic mass is 35.5. The first-order valence-electron chi connectivity index (χ1n) is 7.79. The van der Waals surface area contributed by atoms with Gasteiger partial charge < -0.3 is 14.8 Å². The van der Waals surface area contributed by atoms with E-state index in [1.165, 1.54) is 25.3 Å². The number of carbonyl (C=O) groups is 1. The van der Waals surface area contributed by atoms with E-state index in [-0.39, 0.29) is 5.69 Å². The van der Waals surface area contributed by atoms with Gasteiger partial charge in [0.2, 0.25) is 5.91 Å². The summed E-state index contributed by atoms with van der Waals surface area (Å²) in [7, 11) is 1.52. The molecule has 0 fully saturated rings. The summed E-state index contributed by atoms with van der Waals surface area (Å²) in [6.07, 6.45) is 3.70. The summed E-state index contributed by atoms with van der Waals surface area (Å²) >= 11 is 6.23. The van der Waals surface area contributed by atoms with Crippen LogP contribution in [-0.4, -0.2) is 19.6 Å². The van der Waals surface area contributed by atoms with Gasteiger partial charge in [0.25, 0.3) is 0 Å². The number of nitrogens with one attached hydrogen (secondary N) is 1. The van der Waals surface area contributed by atoms with Crippen molar-refractivity contribution in [2.45, 2.75) is 13.3 Å². The molecule has 4 nitrogen and oxygen atoms in total. The lowest BCUT2D eigenvalue weighted by Crippen LogP contribution is -2.09. The van der Waals surface area contributed by atoms with Gasteiger partial charge in [0.15, 0.2) is 11.5 Å². The molecule has 2 aromatic carbocycles. The van der Waals surface area contributed by atoms with Crippen molar-refractivity contribution in [1.82, 2.24) is 0 Å². The second kappa shape index (κ2) is 9.08. The second-order valence-electron chi connectivity index (χ2n) is 5.19. The molecule has 0 aliphatic rings. The van der Waals surface area contributed by atoms with Gasteiger partial charge in [-0.25, -0.2) is 4.39 Å². The van der Waals surface area contributed by atoms with Crippen LogP contribution in [0.1, 0.15) is 18.9 Å². The smallest absolute Gasteiger partial charge is 0.248 e. The topological polar surface area (TPSA) is 47.6 Å². The van der Waals surface area contributed by atoms with E-state index in [0.717, 1.165) is 6.42 Å². The van der Waals surface area contributed by atoms with Crippen LogP contribution in [0.15, 0.2) is 42.5 Å². The number of hydrogen-bond donors (Lipinski definition) is 1. The zero-order valence-electron chi connectivity index (χ0n) is 14.0. The van der Waals surface area contributed by atoms with Gasteiger partial charge in [-0.3, -0.25) is 4.79 Å². The first-order chi connectivity index (χ1) is 12.0. The highest BCUT2D eigenvalue weighted by Gasteiger charge is 2.11. The van der Waals surface area contributed by atoms with Crippen molar-refractivity contribution in [3.63, 3.8) is 0 Å². The summed E-state index contributed by atoms with van der Waals surface area (Å²) < 4.78 is 24.4. The van der Waals surface area contributed by atoms with Crippen molar-refractivity contribution in [3.05, 3.63) is 58.9 Å². The van der Waals surface area contributed by atoms with Crippen molar-refractivity contribution in [3.8, 4) is 11.5 Å². The molecule has 25 heavy (non-hydrogen) atoms. The summed E-state index contributed by atoms with van der Waals surface area (Å²) in [6.45, 7) is 2.52. The van der Waals surface area contributed by atoms with Crippen LogP contribution >= 0.6 is 11.6 Å². The van der Waals surface area contributed by atoms with E-state index in [1.54, 1.807) is 30.3 Å². The van der Waals surface area contributed by atoms with Crippen molar-refractivity contribution >= 4 is 29.3 Å². The van der Waals surface area contributed by atoms with Crippen LogP contribution in [0.5, 0.6) is 11.5 Å². The van der Waals surface area contributed by atoms with E-state index in [0.29, 0.717) is 28.7 Å². The summed E-state index contributed by atoms with van der Waals surface area (Å²) in [5.41, 5.74) is 0.783. The van der Waals surface area contributed by atoms with E-state index in [4.69, 9.17) is 21.1 Å². The molecular weight excluding hydrogens is 345 g/mol. The fraction of sp³-hybridized carbons (Fsp3) is 0.211. The zero-order valence-corrected chi connectivity index (χ0v) is 14.8. The molecule has 0 aliphatic carbocycles. The standard InChI is InChI=1S/C19H19ClFNO3/c1-3-10-25-19-14(20)11-13(12-17(19)24-2)8-9-18(23)22-16-7-5-4-6-15(16)21/h4-9,11-12H,3,10H2,1-2H3,(H,22,23)/b9-8+. The quantitative estimate of drug-likeness (QED) is 0.709. The van der Waals surface area contributed by atoms with Crippen molar-refractivity contribution in [2.75, 3.05) is 19.0 Å². The van der Waals surface area contributed by atoms with Crippen LogP contribution in [0.2, 0.25) is 5.02 Å². The van der Waals surface area contributed by atoms with Crippen LogP contribution in [0.4, 0.5) is 10.1 Å². The van der Waals surface area contributed by atoms with Crippen LogP contribution in [-0.2, 0) is 4.79 Å². The van der Waals surface area contributed by atoms with Crippen molar-refractivity contribution in [2.24, 2.45) is 0 Å². The van der Waals surface area contributed by atoms with Gasteiger partial charge in [-0.15, -0.1) is 0 Å². The minimum atomic E-state index is -0.494. The Morgan fingerprint density at radius 3 is 2.76 bits per heavy atom. The number of carbonyl (C=O) groups excluding carboxylic acids is 1. The Labute approximate surface area is 151 Å². The highest BCUT2D eigenvalue weighted by Crippen LogP contribution is 2.36. The molecule has 0 atom stereocenters. The molecule has 0 heterocycles. The Morgan fingerprint density at radius 1 is 1.32 bits per heavy atom. The zero-order chi connectivity index (χ0) is 18.2. The van der Waals surface area contributed by atoms with Crippen LogP contribution < -0.4 is 14.8 Å². The molecule has 0 radical (unpaired) electrons. The fourth-order valence-electron chi connectivity index (χ4n) is 2.09. The number of methoxy groups -OCH3 is 1. The Hall–Kier alpha value is -2.53.